The van der Waals surface area contributed by atoms with Crippen LogP contribution in [-0.2, 0) is 0 Å². The van der Waals surface area contributed by atoms with Crippen molar-refractivity contribution in [1.29, 1.82) is 0 Å². The van der Waals surface area contributed by atoms with Gasteiger partial charge in [0.2, 0.25) is 0 Å². The lowest BCUT2D eigenvalue weighted by Gasteiger charge is -2.33. The molecule has 9 nitrogen and oxygen atoms in total. The van der Waals surface area contributed by atoms with Gasteiger partial charge in [-0.05, 0) is 38.8 Å². The second-order valence-corrected chi connectivity index (χ2v) is 9.39. The van der Waals surface area contributed by atoms with Gasteiger partial charge in [0.25, 0.3) is 5.91 Å². The zero-order chi connectivity index (χ0) is 23.1. The smallest absolute Gasteiger partial charge is 0.260 e. The number of nitrogens with one attached hydrogen (secondary N) is 1. The van der Waals surface area contributed by atoms with Crippen molar-refractivity contribution in [3.8, 4) is 11.1 Å². The highest BCUT2D eigenvalue weighted by molar-refractivity contribution is 7.23. The van der Waals surface area contributed by atoms with Crippen molar-refractivity contribution >= 4 is 43.8 Å². The number of nitrogens with zero attached hydrogens (tertiary/aromatic N) is 4. The third-order valence-electron chi connectivity index (χ3n) is 5.95. The number of aryl methyl sites for hydroxylation is 2. The van der Waals surface area contributed by atoms with Gasteiger partial charge >= 0.3 is 0 Å². The SMILES string of the molecule is Cc1noc(C)c1-c1cnc2c(C(=O)Nc3cnccc3N3CCCC(N)C3)c(N)sc2c1. The zero-order valence-corrected chi connectivity index (χ0v) is 19.3. The van der Waals surface area contributed by atoms with Crippen LogP contribution in [0.2, 0.25) is 0 Å². The summed E-state index contributed by atoms with van der Waals surface area (Å²) in [5.74, 6) is 0.407. The topological polar surface area (TPSA) is 136 Å². The van der Waals surface area contributed by atoms with Crippen molar-refractivity contribution in [2.24, 2.45) is 5.73 Å². The highest BCUT2D eigenvalue weighted by atomic mass is 32.1. The largest absolute Gasteiger partial charge is 0.390 e. The number of hydrogen-bond donors (Lipinski definition) is 3. The summed E-state index contributed by atoms with van der Waals surface area (Å²) in [6, 6.07) is 3.98. The maximum Gasteiger partial charge on any atom is 0.260 e. The molecule has 0 aliphatic carbocycles. The molecule has 10 heteroatoms. The van der Waals surface area contributed by atoms with E-state index in [-0.39, 0.29) is 11.9 Å². The molecule has 1 amide bonds. The first kappa shape index (κ1) is 21.4. The molecule has 0 spiro atoms. The standard InChI is InChI=1S/C23H25N7O2S/c1-12-19(13(2)32-29-12)14-8-18-21(27-9-14)20(22(25)33-18)23(31)28-16-10-26-6-5-17(16)30-7-3-4-15(24)11-30/h5-6,8-10,15H,3-4,7,11,24-25H2,1-2H3,(H,28,31). The monoisotopic (exact) mass is 463 g/mol. The Hall–Kier alpha value is -3.50. The summed E-state index contributed by atoms with van der Waals surface area (Å²) in [5, 5.41) is 7.43. The summed E-state index contributed by atoms with van der Waals surface area (Å²) in [6.07, 6.45) is 7.11. The molecule has 0 aromatic carbocycles. The first-order valence-electron chi connectivity index (χ1n) is 10.8. The molecule has 5 rings (SSSR count). The first-order chi connectivity index (χ1) is 15.9. The lowest BCUT2D eigenvalue weighted by molar-refractivity contribution is 0.102. The van der Waals surface area contributed by atoms with Gasteiger partial charge in [-0.2, -0.15) is 0 Å². The second-order valence-electron chi connectivity index (χ2n) is 8.31. The van der Waals surface area contributed by atoms with E-state index in [1.807, 2.05) is 26.0 Å². The van der Waals surface area contributed by atoms with Crippen LogP contribution in [0.15, 0.2) is 35.2 Å². The number of hydrogen-bond acceptors (Lipinski definition) is 9. The van der Waals surface area contributed by atoms with Crippen molar-refractivity contribution in [3.05, 3.63) is 47.7 Å². The summed E-state index contributed by atoms with van der Waals surface area (Å²) in [6.45, 7) is 5.37. The van der Waals surface area contributed by atoms with Crippen LogP contribution in [0.1, 0.15) is 34.7 Å². The average Bonchev–Trinajstić information content (AvgIpc) is 3.31. The average molecular weight is 464 g/mol. The Morgan fingerprint density at radius 2 is 2.18 bits per heavy atom. The van der Waals surface area contributed by atoms with Crippen molar-refractivity contribution in [3.63, 3.8) is 0 Å². The molecule has 1 aliphatic rings. The van der Waals surface area contributed by atoms with Gasteiger partial charge in [0.05, 0.1) is 33.5 Å². The van der Waals surface area contributed by atoms with E-state index in [0.717, 1.165) is 58.9 Å². The van der Waals surface area contributed by atoms with Gasteiger partial charge in [-0.25, -0.2) is 0 Å². The van der Waals surface area contributed by atoms with Crippen LogP contribution in [0.5, 0.6) is 0 Å². The van der Waals surface area contributed by atoms with E-state index in [9.17, 15) is 4.79 Å². The Morgan fingerprint density at radius 3 is 2.94 bits per heavy atom. The summed E-state index contributed by atoms with van der Waals surface area (Å²) >= 11 is 1.33. The number of nitrogen functional groups attached to an aromatic ring is 1. The lowest BCUT2D eigenvalue weighted by Crippen LogP contribution is -2.43. The molecule has 170 valence electrons. The minimum absolute atomic E-state index is 0.114. The van der Waals surface area contributed by atoms with Crippen LogP contribution in [0, 0.1) is 13.8 Å². The number of carbonyl (C=O) groups excluding carboxylic acids is 1. The van der Waals surface area contributed by atoms with Crippen LogP contribution in [0.4, 0.5) is 16.4 Å². The van der Waals surface area contributed by atoms with Crippen LogP contribution >= 0.6 is 11.3 Å². The molecule has 1 fully saturated rings. The quantitative estimate of drug-likeness (QED) is 0.416. The first-order valence-corrected chi connectivity index (χ1v) is 11.6. The van der Waals surface area contributed by atoms with Crippen molar-refractivity contribution in [2.45, 2.75) is 32.7 Å². The van der Waals surface area contributed by atoms with Gasteiger partial charge in [0.1, 0.15) is 16.3 Å². The van der Waals surface area contributed by atoms with Gasteiger partial charge in [0, 0.05) is 42.7 Å². The predicted octanol–water partition coefficient (Wildman–Crippen LogP) is 3.73. The van der Waals surface area contributed by atoms with Crippen molar-refractivity contribution in [2.75, 3.05) is 29.0 Å². The van der Waals surface area contributed by atoms with Gasteiger partial charge in [-0.1, -0.05) is 5.16 Å². The fourth-order valence-corrected chi connectivity index (χ4v) is 5.39. The summed E-state index contributed by atoms with van der Waals surface area (Å²) < 4.78 is 6.10. The van der Waals surface area contributed by atoms with Gasteiger partial charge < -0.3 is 26.2 Å². The van der Waals surface area contributed by atoms with Crippen LogP contribution in [-0.4, -0.2) is 40.2 Å². The fraction of sp³-hybridized carbons (Fsp3) is 0.304. The lowest BCUT2D eigenvalue weighted by atomic mass is 10.1. The van der Waals surface area contributed by atoms with Crippen molar-refractivity contribution < 1.29 is 9.32 Å². The fourth-order valence-electron chi connectivity index (χ4n) is 4.42. The zero-order valence-electron chi connectivity index (χ0n) is 18.5. The highest BCUT2D eigenvalue weighted by Crippen LogP contribution is 2.37. The molecule has 0 bridgehead atoms. The molecule has 1 atom stereocenters. The number of carbonyl (C=O) groups is 1. The molecule has 5 heterocycles. The van der Waals surface area contributed by atoms with E-state index in [0.29, 0.717) is 21.8 Å². The minimum Gasteiger partial charge on any atom is -0.390 e. The predicted molar refractivity (Wildman–Crippen MR) is 131 cm³/mol. The van der Waals surface area contributed by atoms with E-state index >= 15 is 0 Å². The number of rotatable bonds is 4. The normalized spacial score (nSPS) is 16.3. The number of nitrogens with two attached hydrogens (primary N) is 2. The highest BCUT2D eigenvalue weighted by Gasteiger charge is 2.24. The molecule has 33 heavy (non-hydrogen) atoms. The Labute approximate surface area is 194 Å². The summed E-state index contributed by atoms with van der Waals surface area (Å²) in [5.41, 5.74) is 17.5. The maximum atomic E-state index is 13.3. The molecule has 1 aliphatic heterocycles. The van der Waals surface area contributed by atoms with Crippen LogP contribution in [0.3, 0.4) is 0 Å². The van der Waals surface area contributed by atoms with E-state index in [4.69, 9.17) is 16.0 Å². The van der Waals surface area contributed by atoms with Crippen LogP contribution in [0.25, 0.3) is 21.3 Å². The second kappa shape index (κ2) is 8.45. The molecule has 1 unspecified atom stereocenters. The summed E-state index contributed by atoms with van der Waals surface area (Å²) in [7, 11) is 0. The number of amides is 1. The number of pyridine rings is 2. The van der Waals surface area contributed by atoms with E-state index in [1.165, 1.54) is 11.3 Å². The molecule has 1 saturated heterocycles. The number of thiophene rings is 1. The molecule has 0 saturated carbocycles. The van der Waals surface area contributed by atoms with Crippen molar-refractivity contribution in [1.82, 2.24) is 15.1 Å². The third kappa shape index (κ3) is 3.91. The molecule has 0 radical (unpaired) electrons. The molecule has 4 aromatic heterocycles. The van der Waals surface area contributed by atoms with Gasteiger partial charge in [0.15, 0.2) is 0 Å². The Bertz CT molecular complexity index is 1330. The minimum atomic E-state index is -0.313. The number of piperidine rings is 1. The Morgan fingerprint density at radius 1 is 1.33 bits per heavy atom. The summed E-state index contributed by atoms with van der Waals surface area (Å²) in [4.78, 5) is 24.3. The number of fused-ring (bicyclic) bond motifs is 1. The molecular formula is C23H25N7O2S. The number of aromatic nitrogens is 3. The maximum absolute atomic E-state index is 13.3. The Kier molecular flexibility index (Phi) is 5.47. The molecule has 5 N–H and O–H groups in total. The van der Waals surface area contributed by atoms with Gasteiger partial charge in [-0.3, -0.25) is 14.8 Å². The third-order valence-corrected chi connectivity index (χ3v) is 6.90. The van der Waals surface area contributed by atoms with E-state index in [1.54, 1.807) is 18.6 Å². The number of anilines is 3. The molecular weight excluding hydrogens is 438 g/mol. The van der Waals surface area contributed by atoms with Crippen LogP contribution < -0.4 is 21.7 Å². The Balaban J connectivity index is 1.47. The van der Waals surface area contributed by atoms with Gasteiger partial charge in [-0.15, -0.1) is 11.3 Å². The molecule has 4 aromatic rings. The van der Waals surface area contributed by atoms with E-state index in [2.05, 4.69) is 25.3 Å². The van der Waals surface area contributed by atoms with E-state index < -0.39 is 0 Å².